The molecule has 0 spiro atoms. The Balaban J connectivity index is 2.73. The molecule has 0 aliphatic carbocycles. The molecule has 2 rings (SSSR count). The molecule has 34 heavy (non-hydrogen) atoms. The first-order valence-electron chi connectivity index (χ1n) is 10.8. The second-order valence-corrected chi connectivity index (χ2v) is 7.72. The maximum Gasteiger partial charge on any atom is 0.573 e. The zero-order valence-electron chi connectivity index (χ0n) is 19.7. The van der Waals surface area contributed by atoms with Gasteiger partial charge in [0, 0.05) is 26.2 Å². The van der Waals surface area contributed by atoms with E-state index < -0.39 is 6.36 Å². The monoisotopic (exact) mass is 474 g/mol. The van der Waals surface area contributed by atoms with Crippen LogP contribution in [-0.4, -0.2) is 31.5 Å². The molecule has 0 saturated carbocycles. The second kappa shape index (κ2) is 12.1. The molecule has 0 aliphatic heterocycles. The molecule has 0 aliphatic rings. The van der Waals surface area contributed by atoms with Crippen molar-refractivity contribution in [2.45, 2.75) is 46.5 Å². The predicted molar refractivity (Wildman–Crippen MR) is 127 cm³/mol. The molecule has 0 radical (unpaired) electrons. The van der Waals surface area contributed by atoms with Crippen molar-refractivity contribution in [3.63, 3.8) is 0 Å². The zero-order chi connectivity index (χ0) is 25.3. The van der Waals surface area contributed by atoms with Crippen LogP contribution in [0.4, 0.5) is 18.9 Å². The number of rotatable bonds is 9. The smallest absolute Gasteiger partial charge is 0.406 e. The van der Waals surface area contributed by atoms with Crippen molar-refractivity contribution in [1.29, 1.82) is 0 Å². The summed E-state index contributed by atoms with van der Waals surface area (Å²) in [6.07, 6.45) is -1.01. The van der Waals surface area contributed by atoms with E-state index in [9.17, 15) is 18.0 Å². The third kappa shape index (κ3) is 7.29. The van der Waals surface area contributed by atoms with Gasteiger partial charge in [0.05, 0.1) is 17.9 Å². The van der Waals surface area contributed by atoms with Crippen molar-refractivity contribution in [2.75, 3.05) is 18.6 Å². The van der Waals surface area contributed by atoms with Gasteiger partial charge < -0.3 is 20.1 Å². The Bertz CT molecular complexity index is 1080. The van der Waals surface area contributed by atoms with Crippen LogP contribution < -0.4 is 15.0 Å². The highest BCUT2D eigenvalue weighted by molar-refractivity contribution is 5.81. The summed E-state index contributed by atoms with van der Waals surface area (Å²) < 4.78 is 41.6. The first-order valence-corrected chi connectivity index (χ1v) is 10.8. The van der Waals surface area contributed by atoms with Crippen LogP contribution in [0, 0.1) is 18.8 Å². The van der Waals surface area contributed by atoms with Crippen LogP contribution >= 0.6 is 0 Å². The lowest BCUT2D eigenvalue weighted by molar-refractivity contribution is -0.274. The molecule has 0 aromatic heterocycles. The van der Waals surface area contributed by atoms with Gasteiger partial charge in [-0.1, -0.05) is 36.5 Å². The van der Waals surface area contributed by atoms with Crippen molar-refractivity contribution in [2.24, 2.45) is 0 Å². The summed E-state index contributed by atoms with van der Waals surface area (Å²) in [5.41, 5.74) is 5.77. The molecule has 5 nitrogen and oxygen atoms in total. The molecule has 0 unspecified atom stereocenters. The summed E-state index contributed by atoms with van der Waals surface area (Å²) in [6, 6.07) is 7.54. The summed E-state index contributed by atoms with van der Waals surface area (Å²) in [6.45, 7) is 6.13. The number of aliphatic hydroxyl groups is 1. The minimum atomic E-state index is -4.76. The number of carbonyl (C=O) groups is 1. The summed E-state index contributed by atoms with van der Waals surface area (Å²) in [5, 5.41) is 11.8. The molecule has 2 N–H and O–H groups in total. The number of alkyl halides is 3. The molecule has 1 amide bonds. The third-order valence-electron chi connectivity index (χ3n) is 5.19. The van der Waals surface area contributed by atoms with Crippen molar-refractivity contribution >= 4 is 12.1 Å². The first kappa shape index (κ1) is 26.8. The molecule has 0 atom stereocenters. The summed E-state index contributed by atoms with van der Waals surface area (Å²) in [4.78, 5) is 13.0. The van der Waals surface area contributed by atoms with Gasteiger partial charge in [-0.15, -0.1) is 13.2 Å². The van der Waals surface area contributed by atoms with Gasteiger partial charge in [-0.3, -0.25) is 4.79 Å². The van der Waals surface area contributed by atoms with Crippen LogP contribution in [0.15, 0.2) is 42.1 Å². The van der Waals surface area contributed by atoms with Crippen molar-refractivity contribution < 1.29 is 27.8 Å². The summed E-state index contributed by atoms with van der Waals surface area (Å²) >= 11 is 0. The number of amides is 1. The van der Waals surface area contributed by atoms with E-state index in [1.54, 1.807) is 12.1 Å². The number of benzene rings is 2. The Kier molecular flexibility index (Phi) is 9.58. The first-order chi connectivity index (χ1) is 16.1. The van der Waals surface area contributed by atoms with Gasteiger partial charge in [0.2, 0.25) is 6.41 Å². The number of carbonyl (C=O) groups excluding carboxylic acids is 1. The number of ether oxygens (including phenoxy) is 1. The van der Waals surface area contributed by atoms with Crippen molar-refractivity contribution in [3.8, 4) is 28.7 Å². The Hall–Kier alpha value is -3.44. The topological polar surface area (TPSA) is 61.8 Å². The lowest BCUT2D eigenvalue weighted by Gasteiger charge is -2.25. The van der Waals surface area contributed by atoms with Gasteiger partial charge in [-0.2, -0.15) is 0 Å². The minimum Gasteiger partial charge on any atom is -0.406 e. The van der Waals surface area contributed by atoms with Crippen LogP contribution in [0.25, 0.3) is 11.1 Å². The highest BCUT2D eigenvalue weighted by Crippen LogP contribution is 2.37. The Labute approximate surface area is 198 Å². The van der Waals surface area contributed by atoms with Crippen LogP contribution in [0.1, 0.15) is 43.4 Å². The van der Waals surface area contributed by atoms with Gasteiger partial charge in [-0.25, -0.2) is 0 Å². The molecule has 182 valence electrons. The van der Waals surface area contributed by atoms with E-state index in [4.69, 9.17) is 5.11 Å². The molecule has 8 heteroatoms. The normalized spacial score (nSPS) is 11.5. The van der Waals surface area contributed by atoms with Gasteiger partial charge in [0.15, 0.2) is 0 Å². The fourth-order valence-corrected chi connectivity index (χ4v) is 3.52. The molecular weight excluding hydrogens is 445 g/mol. The third-order valence-corrected chi connectivity index (χ3v) is 5.19. The number of nitrogens with one attached hydrogen (secondary N) is 1. The number of halogens is 3. The van der Waals surface area contributed by atoms with Gasteiger partial charge in [-0.05, 0) is 60.7 Å². The molecular formula is C26H29F3N2O3. The van der Waals surface area contributed by atoms with Crippen LogP contribution in [0.5, 0.6) is 5.75 Å². The summed E-state index contributed by atoms with van der Waals surface area (Å²) in [7, 11) is 1.90. The van der Waals surface area contributed by atoms with Gasteiger partial charge in [0.25, 0.3) is 0 Å². The lowest BCUT2D eigenvalue weighted by Crippen LogP contribution is -2.17. The van der Waals surface area contributed by atoms with E-state index in [-0.39, 0.29) is 18.9 Å². The zero-order valence-corrected chi connectivity index (χ0v) is 19.7. The molecule has 0 bridgehead atoms. The minimum absolute atomic E-state index is 0.0711. The fourth-order valence-electron chi connectivity index (χ4n) is 3.52. The van der Waals surface area contributed by atoms with Crippen LogP contribution in [0.3, 0.4) is 0 Å². The largest absolute Gasteiger partial charge is 0.573 e. The molecule has 0 heterocycles. The Morgan fingerprint density at radius 1 is 1.26 bits per heavy atom. The van der Waals surface area contributed by atoms with Crippen molar-refractivity contribution in [3.05, 3.63) is 58.8 Å². The maximum atomic E-state index is 12.6. The van der Waals surface area contributed by atoms with E-state index in [1.807, 2.05) is 38.1 Å². The molecule has 0 fully saturated rings. The van der Waals surface area contributed by atoms with Crippen LogP contribution in [-0.2, 0) is 11.3 Å². The SMILES string of the molecule is CC/C(C)=C/N(C)c1c(C)c(-c2ccc(OC(F)(F)F)cc2)cc(CNC=O)c1C#CCCO. The second-order valence-electron chi connectivity index (χ2n) is 7.72. The van der Waals surface area contributed by atoms with Crippen LogP contribution in [0.2, 0.25) is 0 Å². The summed E-state index contributed by atoms with van der Waals surface area (Å²) in [5.74, 6) is 5.79. The molecule has 2 aromatic carbocycles. The number of hydrogen-bond acceptors (Lipinski definition) is 4. The predicted octanol–water partition coefficient (Wildman–Crippen LogP) is 5.29. The highest BCUT2D eigenvalue weighted by Gasteiger charge is 2.31. The standard InChI is InChI=1S/C26H29F3N2O3/c1-5-18(2)16-31(4)25-19(3)24(20-9-11-22(12-10-20)34-26(27,28)29)14-21(15-30-17-33)23(25)8-6-7-13-32/h9-12,14,16-17,32H,5,7,13,15H2,1-4H3,(H,30,33)/b18-16+. The Morgan fingerprint density at radius 3 is 2.50 bits per heavy atom. The van der Waals surface area contributed by atoms with E-state index in [0.717, 1.165) is 34.4 Å². The van der Waals surface area contributed by atoms with Gasteiger partial charge in [0.1, 0.15) is 5.75 Å². The average molecular weight is 475 g/mol. The maximum absolute atomic E-state index is 12.6. The molecule has 2 aromatic rings. The van der Waals surface area contributed by atoms with E-state index in [1.165, 1.54) is 12.1 Å². The lowest BCUT2D eigenvalue weighted by atomic mass is 9.91. The van der Waals surface area contributed by atoms with E-state index in [0.29, 0.717) is 24.0 Å². The number of hydrogen-bond donors (Lipinski definition) is 2. The Morgan fingerprint density at radius 2 is 1.94 bits per heavy atom. The number of allylic oxidation sites excluding steroid dienone is 1. The fraction of sp³-hybridized carbons (Fsp3) is 0.346. The molecule has 0 saturated heterocycles. The number of anilines is 1. The number of aliphatic hydroxyl groups excluding tert-OH is 1. The highest BCUT2D eigenvalue weighted by atomic mass is 19.4. The van der Waals surface area contributed by atoms with E-state index in [2.05, 4.69) is 28.8 Å². The van der Waals surface area contributed by atoms with Crippen molar-refractivity contribution in [1.82, 2.24) is 5.32 Å². The van der Waals surface area contributed by atoms with E-state index >= 15 is 0 Å². The average Bonchev–Trinajstić information content (AvgIpc) is 2.78. The van der Waals surface area contributed by atoms with Gasteiger partial charge >= 0.3 is 6.36 Å². The quantitative estimate of drug-likeness (QED) is 0.383. The number of nitrogens with zero attached hydrogens (tertiary/aromatic N) is 1.